The van der Waals surface area contributed by atoms with Crippen LogP contribution in [0.3, 0.4) is 0 Å². The average molecular weight is 660 g/mol. The predicted octanol–water partition coefficient (Wildman–Crippen LogP) is 8.31. The number of aliphatic imine (C=N–C) groups is 4. The van der Waals surface area contributed by atoms with Gasteiger partial charge in [0, 0.05) is 57.6 Å². The van der Waals surface area contributed by atoms with Crippen LogP contribution in [0.2, 0.25) is 0 Å². The maximum Gasteiger partial charge on any atom is 0.417 e. The van der Waals surface area contributed by atoms with Crippen LogP contribution in [-0.2, 0) is 0 Å². The van der Waals surface area contributed by atoms with Crippen molar-refractivity contribution >= 4 is 23.8 Å². The maximum absolute atomic E-state index is 14.4. The van der Waals surface area contributed by atoms with E-state index in [1.165, 1.54) is 25.7 Å². The number of allylic oxidation sites excluding steroid dienone is 6. The summed E-state index contributed by atoms with van der Waals surface area (Å²) in [5, 5.41) is 0. The summed E-state index contributed by atoms with van der Waals surface area (Å²) in [7, 11) is 1.75. The van der Waals surface area contributed by atoms with Gasteiger partial charge in [0.25, 0.3) is 0 Å². The van der Waals surface area contributed by atoms with Crippen molar-refractivity contribution in [2.45, 2.75) is 91.3 Å². The molecule has 0 aromatic rings. The van der Waals surface area contributed by atoms with Crippen LogP contribution in [0.1, 0.15) is 79.1 Å². The zero-order valence-electron chi connectivity index (χ0n) is 28.9. The first-order chi connectivity index (χ1) is 22.6. The van der Waals surface area contributed by atoms with Gasteiger partial charge in [0.2, 0.25) is 5.96 Å². The SMILES string of the molecule is C=C/C(=C/N1CCN(C2=NC(C3=CCC=C(F)C(C)=C3)=NC(N3CCCC4CCCCC3C4)=NC2)CC1)C(F)(F)F.CC.CC=NC. The van der Waals surface area contributed by atoms with Crippen LogP contribution in [0.4, 0.5) is 17.6 Å². The summed E-state index contributed by atoms with van der Waals surface area (Å²) in [5.41, 5.74) is 0.540. The zero-order valence-corrected chi connectivity index (χ0v) is 28.9. The van der Waals surface area contributed by atoms with E-state index in [4.69, 9.17) is 15.0 Å². The van der Waals surface area contributed by atoms with Crippen LogP contribution >= 0.6 is 0 Å². The predicted molar refractivity (Wildman–Crippen MR) is 188 cm³/mol. The molecule has 0 aromatic heterocycles. The van der Waals surface area contributed by atoms with E-state index < -0.39 is 11.7 Å². The average Bonchev–Trinajstić information content (AvgIpc) is 3.59. The van der Waals surface area contributed by atoms with Gasteiger partial charge in [-0.05, 0) is 75.8 Å². The first-order valence-corrected chi connectivity index (χ1v) is 17.1. The quantitative estimate of drug-likeness (QED) is 0.174. The molecule has 2 saturated heterocycles. The van der Waals surface area contributed by atoms with E-state index in [2.05, 4.69) is 21.4 Å². The summed E-state index contributed by atoms with van der Waals surface area (Å²) in [5.74, 6) is 2.45. The van der Waals surface area contributed by atoms with Crippen molar-refractivity contribution < 1.29 is 17.6 Å². The number of amidine groups is 2. The molecule has 2 bridgehead atoms. The summed E-state index contributed by atoms with van der Waals surface area (Å²) < 4.78 is 54.1. The Morgan fingerprint density at radius 3 is 2.34 bits per heavy atom. The Kier molecular flexibility index (Phi) is 15.1. The lowest BCUT2D eigenvalue weighted by molar-refractivity contribution is -0.0893. The van der Waals surface area contributed by atoms with Crippen molar-refractivity contribution in [3.63, 3.8) is 0 Å². The number of piperazine rings is 1. The minimum atomic E-state index is -4.43. The van der Waals surface area contributed by atoms with Gasteiger partial charge in [-0.15, -0.1) is 0 Å². The third-order valence-electron chi connectivity index (χ3n) is 8.97. The van der Waals surface area contributed by atoms with Crippen molar-refractivity contribution in [3.05, 3.63) is 59.6 Å². The molecule has 0 amide bonds. The molecule has 3 heterocycles. The van der Waals surface area contributed by atoms with Gasteiger partial charge in [0.05, 0.1) is 5.57 Å². The largest absolute Gasteiger partial charge is 0.417 e. The van der Waals surface area contributed by atoms with Gasteiger partial charge >= 0.3 is 6.18 Å². The fraction of sp³-hybridized carbons (Fsp3) is 0.611. The number of rotatable bonds is 3. The zero-order chi connectivity index (χ0) is 34.4. The van der Waals surface area contributed by atoms with Crippen molar-refractivity contribution in [1.29, 1.82) is 0 Å². The molecule has 2 atom stereocenters. The highest BCUT2D eigenvalue weighted by molar-refractivity contribution is 6.14. The molecule has 0 N–H and O–H groups in total. The van der Waals surface area contributed by atoms with Crippen molar-refractivity contribution in [2.75, 3.05) is 46.3 Å². The lowest BCUT2D eigenvalue weighted by atomic mass is 9.95. The molecular weight excluding hydrogens is 606 g/mol. The molecule has 47 heavy (non-hydrogen) atoms. The van der Waals surface area contributed by atoms with Crippen LogP contribution in [0.15, 0.2) is 79.6 Å². The smallest absolute Gasteiger partial charge is 0.373 e. The molecular formula is C36H53F4N7. The van der Waals surface area contributed by atoms with Gasteiger partial charge in [-0.25, -0.2) is 14.4 Å². The Morgan fingerprint density at radius 1 is 1.00 bits per heavy atom. The Balaban J connectivity index is 0.000000930. The Labute approximate surface area is 279 Å². The van der Waals surface area contributed by atoms with E-state index in [1.807, 2.05) is 26.8 Å². The Hall–Kier alpha value is -3.50. The van der Waals surface area contributed by atoms with Gasteiger partial charge < -0.3 is 19.7 Å². The maximum atomic E-state index is 14.4. The summed E-state index contributed by atoms with van der Waals surface area (Å²) in [6, 6.07) is 0.401. The number of hydrogen-bond acceptors (Lipinski definition) is 7. The third-order valence-corrected chi connectivity index (χ3v) is 8.97. The normalized spacial score (nSPS) is 24.3. The second-order valence-electron chi connectivity index (χ2n) is 12.1. The molecule has 260 valence electrons. The highest BCUT2D eigenvalue weighted by atomic mass is 19.4. The first-order valence-electron chi connectivity index (χ1n) is 17.1. The van der Waals surface area contributed by atoms with E-state index in [0.29, 0.717) is 62.6 Å². The number of guanidine groups is 1. The Bertz CT molecular complexity index is 1290. The lowest BCUT2D eigenvalue weighted by Crippen LogP contribution is -2.48. The number of hydrogen-bond donors (Lipinski definition) is 0. The summed E-state index contributed by atoms with van der Waals surface area (Å²) in [4.78, 5) is 24.8. The van der Waals surface area contributed by atoms with Crippen LogP contribution < -0.4 is 0 Å². The molecule has 7 nitrogen and oxygen atoms in total. The van der Waals surface area contributed by atoms with Crippen LogP contribution in [0.5, 0.6) is 0 Å². The molecule has 0 aromatic carbocycles. The minimum absolute atomic E-state index is 0.248. The van der Waals surface area contributed by atoms with Gasteiger partial charge in [-0.1, -0.05) is 51.8 Å². The number of alkyl halides is 3. The van der Waals surface area contributed by atoms with Crippen LogP contribution in [0, 0.1) is 5.92 Å². The fourth-order valence-electron chi connectivity index (χ4n) is 6.40. The molecule has 5 aliphatic rings. The van der Waals surface area contributed by atoms with Crippen molar-refractivity contribution in [3.8, 4) is 0 Å². The van der Waals surface area contributed by atoms with E-state index in [9.17, 15) is 17.6 Å². The molecule has 0 radical (unpaired) electrons. The molecule has 3 aliphatic heterocycles. The fourth-order valence-corrected chi connectivity index (χ4v) is 6.40. The number of fused-ring (bicyclic) bond motifs is 2. The molecule has 0 spiro atoms. The van der Waals surface area contributed by atoms with Crippen LogP contribution in [-0.4, -0.2) is 97.1 Å². The van der Waals surface area contributed by atoms with E-state index in [-0.39, 0.29) is 5.83 Å². The standard InChI is InChI=1S/C31H40F4N6.C3H7N.C2H6/c1-3-25(31(33,34)35)21-39-14-16-40(17-15-39)28-20-36-30(41-13-7-9-23-8-4-5-11-26(41)19-23)38-29(37-28)24-10-6-12-27(32)22(2)18-24;1-3-4-2;1-2/h3,10,12,18,21,23,26H,1,4-9,11,13-17,19-20H2,2H3;3H,1-2H3;1-2H3/b25-21-;;. The van der Waals surface area contributed by atoms with E-state index >= 15 is 0 Å². The van der Waals surface area contributed by atoms with Crippen molar-refractivity contribution in [2.24, 2.45) is 25.9 Å². The molecule has 2 unspecified atom stereocenters. The summed E-state index contributed by atoms with van der Waals surface area (Å²) >= 11 is 0. The van der Waals surface area contributed by atoms with Crippen LogP contribution in [0.25, 0.3) is 0 Å². The molecule has 1 saturated carbocycles. The minimum Gasteiger partial charge on any atom is -0.373 e. The number of halogens is 4. The second kappa shape index (κ2) is 18.7. The van der Waals surface area contributed by atoms with Gasteiger partial charge in [0.15, 0.2) is 5.84 Å². The van der Waals surface area contributed by atoms with E-state index in [0.717, 1.165) is 55.4 Å². The lowest BCUT2D eigenvalue weighted by Gasteiger charge is -2.36. The molecule has 2 aliphatic carbocycles. The van der Waals surface area contributed by atoms with Gasteiger partial charge in [0.1, 0.15) is 18.2 Å². The Morgan fingerprint density at radius 2 is 1.68 bits per heavy atom. The highest BCUT2D eigenvalue weighted by Crippen LogP contribution is 2.33. The second-order valence-corrected chi connectivity index (χ2v) is 12.1. The van der Waals surface area contributed by atoms with Crippen molar-refractivity contribution in [1.82, 2.24) is 14.7 Å². The summed E-state index contributed by atoms with van der Waals surface area (Å²) in [6.45, 7) is 14.1. The van der Waals surface area contributed by atoms with Gasteiger partial charge in [-0.3, -0.25) is 0 Å². The topological polar surface area (TPSA) is 59.2 Å². The highest BCUT2D eigenvalue weighted by Gasteiger charge is 2.34. The number of likely N-dealkylation sites (tertiary alicyclic amines) is 1. The first kappa shape index (κ1) is 38.0. The monoisotopic (exact) mass is 659 g/mol. The molecule has 3 fully saturated rings. The number of nitrogens with zero attached hydrogens (tertiary/aromatic N) is 7. The molecule has 5 rings (SSSR count). The van der Waals surface area contributed by atoms with Gasteiger partial charge in [-0.2, -0.15) is 18.2 Å². The summed E-state index contributed by atoms with van der Waals surface area (Å²) in [6.07, 6.45) is 13.5. The molecule has 11 heteroatoms. The third kappa shape index (κ3) is 11.0. The van der Waals surface area contributed by atoms with E-state index in [1.54, 1.807) is 37.2 Å².